The summed E-state index contributed by atoms with van der Waals surface area (Å²) >= 11 is 0. The van der Waals surface area contributed by atoms with Gasteiger partial charge in [0.2, 0.25) is 0 Å². The van der Waals surface area contributed by atoms with Crippen LogP contribution in [0.4, 0.5) is 0 Å². The molecule has 1 N–H and O–H groups in total. The van der Waals surface area contributed by atoms with Gasteiger partial charge in [0, 0.05) is 5.56 Å². The van der Waals surface area contributed by atoms with Gasteiger partial charge in [-0.05, 0) is 17.5 Å². The molecule has 0 bridgehead atoms. The van der Waals surface area contributed by atoms with Gasteiger partial charge in [0.15, 0.2) is 0 Å². The third kappa shape index (κ3) is 1.25. The first-order chi connectivity index (χ1) is 6.50. The molecular weight excluding hydrogens is 176 g/mol. The molecule has 0 radical (unpaired) electrons. The quantitative estimate of drug-likeness (QED) is 0.501. The Morgan fingerprint density at radius 1 is 1.36 bits per heavy atom. The lowest BCUT2D eigenvalue weighted by atomic mass is 9.87. The Morgan fingerprint density at radius 3 is 2.71 bits per heavy atom. The number of nitrogens with zero attached hydrogens (tertiary/aromatic N) is 1. The molecule has 2 rings (SSSR count). The highest BCUT2D eigenvalue weighted by molar-refractivity contribution is 5.78. The smallest absolute Gasteiger partial charge is 0.289 e. The molecular formula is C11H14N2O. The molecule has 0 aliphatic heterocycles. The SMILES string of the molecule is CC(C)(C)c1c[nH]c2c1ccc[n+]2[O-]. The highest BCUT2D eigenvalue weighted by Gasteiger charge is 2.21. The van der Waals surface area contributed by atoms with E-state index in [0.29, 0.717) is 5.65 Å². The molecule has 0 atom stereocenters. The van der Waals surface area contributed by atoms with E-state index in [1.165, 1.54) is 11.8 Å². The van der Waals surface area contributed by atoms with Crippen molar-refractivity contribution in [1.29, 1.82) is 0 Å². The maximum atomic E-state index is 11.4. The summed E-state index contributed by atoms with van der Waals surface area (Å²) in [6, 6.07) is 3.75. The molecule has 74 valence electrons. The Bertz CT molecular complexity index is 466. The van der Waals surface area contributed by atoms with Crippen molar-refractivity contribution in [1.82, 2.24) is 4.98 Å². The Labute approximate surface area is 83.0 Å². The van der Waals surface area contributed by atoms with E-state index in [0.717, 1.165) is 10.1 Å². The average molecular weight is 190 g/mol. The molecule has 0 unspecified atom stereocenters. The maximum Gasteiger partial charge on any atom is 0.289 e. The van der Waals surface area contributed by atoms with E-state index < -0.39 is 0 Å². The van der Waals surface area contributed by atoms with E-state index in [9.17, 15) is 5.21 Å². The fraction of sp³-hybridized carbons (Fsp3) is 0.364. The molecule has 14 heavy (non-hydrogen) atoms. The summed E-state index contributed by atoms with van der Waals surface area (Å²) in [7, 11) is 0. The van der Waals surface area contributed by atoms with Gasteiger partial charge in [-0.25, -0.2) is 9.71 Å². The van der Waals surface area contributed by atoms with E-state index in [4.69, 9.17) is 0 Å². The van der Waals surface area contributed by atoms with Crippen LogP contribution in [-0.2, 0) is 5.41 Å². The van der Waals surface area contributed by atoms with Crippen molar-refractivity contribution in [2.24, 2.45) is 0 Å². The van der Waals surface area contributed by atoms with Crippen molar-refractivity contribution in [3.63, 3.8) is 0 Å². The summed E-state index contributed by atoms with van der Waals surface area (Å²) in [6.07, 6.45) is 3.42. The molecule has 2 aromatic heterocycles. The molecule has 2 aromatic rings. The van der Waals surface area contributed by atoms with Gasteiger partial charge >= 0.3 is 0 Å². The molecule has 3 heteroatoms. The summed E-state index contributed by atoms with van der Waals surface area (Å²) in [5, 5.41) is 12.4. The van der Waals surface area contributed by atoms with E-state index in [-0.39, 0.29) is 5.41 Å². The Morgan fingerprint density at radius 2 is 2.07 bits per heavy atom. The first-order valence-corrected chi connectivity index (χ1v) is 4.70. The van der Waals surface area contributed by atoms with Crippen molar-refractivity contribution >= 4 is 11.0 Å². The number of aromatic amines is 1. The number of hydrogen-bond donors (Lipinski definition) is 1. The molecule has 2 heterocycles. The van der Waals surface area contributed by atoms with Gasteiger partial charge in [-0.2, -0.15) is 0 Å². The summed E-state index contributed by atoms with van der Waals surface area (Å²) in [5.41, 5.74) is 1.88. The molecule has 0 aromatic carbocycles. The minimum atomic E-state index is 0.0621. The third-order valence-electron chi connectivity index (χ3n) is 2.41. The summed E-state index contributed by atoms with van der Waals surface area (Å²) < 4.78 is 0.866. The molecule has 0 aliphatic carbocycles. The fourth-order valence-corrected chi connectivity index (χ4v) is 1.69. The molecule has 0 aliphatic rings. The number of aromatic nitrogens is 2. The lowest BCUT2D eigenvalue weighted by Crippen LogP contribution is -2.26. The van der Waals surface area contributed by atoms with E-state index in [1.807, 2.05) is 12.3 Å². The Balaban J connectivity index is 2.76. The molecule has 0 spiro atoms. The van der Waals surface area contributed by atoms with Crippen molar-refractivity contribution in [2.45, 2.75) is 26.2 Å². The van der Waals surface area contributed by atoms with Crippen molar-refractivity contribution in [2.75, 3.05) is 0 Å². The predicted octanol–water partition coefficient (Wildman–Crippen LogP) is 2.10. The molecule has 3 nitrogen and oxygen atoms in total. The van der Waals surface area contributed by atoms with Crippen LogP contribution in [0.25, 0.3) is 11.0 Å². The largest absolute Gasteiger partial charge is 0.711 e. The van der Waals surface area contributed by atoms with Crippen LogP contribution in [0, 0.1) is 5.21 Å². The van der Waals surface area contributed by atoms with Crippen LogP contribution in [0.1, 0.15) is 26.3 Å². The second-order valence-corrected chi connectivity index (χ2v) is 4.55. The average Bonchev–Trinajstić information content (AvgIpc) is 2.47. The molecule has 0 fully saturated rings. The number of hydrogen-bond acceptors (Lipinski definition) is 1. The van der Waals surface area contributed by atoms with E-state index >= 15 is 0 Å². The predicted molar refractivity (Wildman–Crippen MR) is 56.0 cm³/mol. The maximum absolute atomic E-state index is 11.4. The van der Waals surface area contributed by atoms with E-state index in [1.54, 1.807) is 6.07 Å². The Kier molecular flexibility index (Phi) is 1.77. The van der Waals surface area contributed by atoms with Crippen molar-refractivity contribution in [3.05, 3.63) is 35.3 Å². The lowest BCUT2D eigenvalue weighted by molar-refractivity contribution is -0.579. The van der Waals surface area contributed by atoms with Gasteiger partial charge < -0.3 is 5.21 Å². The van der Waals surface area contributed by atoms with Gasteiger partial charge in [0.25, 0.3) is 5.65 Å². The van der Waals surface area contributed by atoms with Crippen LogP contribution in [-0.4, -0.2) is 4.98 Å². The molecule has 0 saturated heterocycles. The third-order valence-corrected chi connectivity index (χ3v) is 2.41. The van der Waals surface area contributed by atoms with Crippen LogP contribution in [0.15, 0.2) is 24.5 Å². The van der Waals surface area contributed by atoms with Gasteiger partial charge in [0.1, 0.15) is 0 Å². The number of H-pyrrole nitrogens is 1. The minimum Gasteiger partial charge on any atom is -0.711 e. The minimum absolute atomic E-state index is 0.0621. The summed E-state index contributed by atoms with van der Waals surface area (Å²) in [6.45, 7) is 6.41. The van der Waals surface area contributed by atoms with Gasteiger partial charge in [-0.3, -0.25) is 0 Å². The highest BCUT2D eigenvalue weighted by Crippen LogP contribution is 2.28. The second kappa shape index (κ2) is 2.74. The first-order valence-electron chi connectivity index (χ1n) is 4.70. The van der Waals surface area contributed by atoms with Crippen LogP contribution in [0.3, 0.4) is 0 Å². The zero-order chi connectivity index (χ0) is 10.3. The zero-order valence-corrected chi connectivity index (χ0v) is 8.66. The first kappa shape index (κ1) is 9.06. The summed E-state index contributed by atoms with van der Waals surface area (Å²) in [5.74, 6) is 0. The Hall–Kier alpha value is -1.51. The number of pyridine rings is 1. The standard InChI is InChI=1S/C11H14N2O/c1-11(2,3)9-7-12-10-8(9)5-4-6-13(10)14/h4-7,12H,1-3H3. The van der Waals surface area contributed by atoms with Crippen molar-refractivity contribution < 1.29 is 4.73 Å². The van der Waals surface area contributed by atoms with Gasteiger partial charge in [-0.15, -0.1) is 0 Å². The topological polar surface area (TPSA) is 42.7 Å². The number of fused-ring (bicyclic) bond motifs is 1. The van der Waals surface area contributed by atoms with Crippen LogP contribution in [0.5, 0.6) is 0 Å². The second-order valence-electron chi connectivity index (χ2n) is 4.55. The van der Waals surface area contributed by atoms with Crippen molar-refractivity contribution in [3.8, 4) is 0 Å². The number of rotatable bonds is 0. The van der Waals surface area contributed by atoms with E-state index in [2.05, 4.69) is 25.8 Å². The van der Waals surface area contributed by atoms with Crippen LogP contribution < -0.4 is 4.73 Å². The monoisotopic (exact) mass is 190 g/mol. The molecule has 0 saturated carbocycles. The summed E-state index contributed by atoms with van der Waals surface area (Å²) in [4.78, 5) is 3.01. The zero-order valence-electron chi connectivity index (χ0n) is 8.66. The van der Waals surface area contributed by atoms with Crippen LogP contribution >= 0.6 is 0 Å². The normalized spacial score (nSPS) is 12.2. The highest BCUT2D eigenvalue weighted by atomic mass is 16.5. The van der Waals surface area contributed by atoms with Gasteiger partial charge in [0.05, 0.1) is 17.8 Å². The molecule has 0 amide bonds. The van der Waals surface area contributed by atoms with Crippen LogP contribution in [0.2, 0.25) is 0 Å². The van der Waals surface area contributed by atoms with Gasteiger partial charge in [-0.1, -0.05) is 20.8 Å². The fourth-order valence-electron chi connectivity index (χ4n) is 1.69. The number of nitrogens with one attached hydrogen (secondary N) is 1. The lowest BCUT2D eigenvalue weighted by Gasteiger charge is -2.15.